The molecule has 0 bridgehead atoms. The molecule has 0 spiro atoms. The van der Waals surface area contributed by atoms with Gasteiger partial charge in [0, 0.05) is 37.8 Å². The summed E-state index contributed by atoms with van der Waals surface area (Å²) in [6.45, 7) is 2.45. The van der Waals surface area contributed by atoms with E-state index in [1.165, 1.54) is 24.3 Å². The molecule has 2 heterocycles. The number of para-hydroxylation sites is 1. The first-order valence-corrected chi connectivity index (χ1v) is 9.05. The van der Waals surface area contributed by atoms with Gasteiger partial charge < -0.3 is 14.5 Å². The summed E-state index contributed by atoms with van der Waals surface area (Å²) in [5.74, 6) is 1.45. The van der Waals surface area contributed by atoms with Gasteiger partial charge in [-0.2, -0.15) is 0 Å². The molecule has 0 radical (unpaired) electrons. The Morgan fingerprint density at radius 3 is 2.21 bits per heavy atom. The molecule has 6 nitrogen and oxygen atoms in total. The molecule has 3 aromatic rings. The normalized spacial score (nSPS) is 14.0. The number of nitrogens with zero attached hydrogens (tertiary/aromatic N) is 4. The summed E-state index contributed by atoms with van der Waals surface area (Å²) in [7, 11) is 0. The standard InChI is InChI=1S/C21H19FN4O2/c22-17-8-6-16(7-9-17)21(27)26-14-12-25(13-15-26)19-10-11-20(24-23-19)28-18-4-2-1-3-5-18/h1-11H,12-15H2. The lowest BCUT2D eigenvalue weighted by atomic mass is 10.2. The number of carbonyl (C=O) groups is 1. The van der Waals surface area contributed by atoms with Crippen molar-refractivity contribution in [2.75, 3.05) is 31.1 Å². The van der Waals surface area contributed by atoms with E-state index in [0.717, 1.165) is 5.82 Å². The van der Waals surface area contributed by atoms with Crippen LogP contribution in [0.5, 0.6) is 11.6 Å². The van der Waals surface area contributed by atoms with Crippen molar-refractivity contribution in [1.29, 1.82) is 0 Å². The van der Waals surface area contributed by atoms with E-state index in [1.54, 1.807) is 11.0 Å². The summed E-state index contributed by atoms with van der Waals surface area (Å²) in [6, 6.07) is 18.7. The third-order valence-corrected chi connectivity index (χ3v) is 4.57. The lowest BCUT2D eigenvalue weighted by Crippen LogP contribution is -2.49. The summed E-state index contributed by atoms with van der Waals surface area (Å²) in [5.41, 5.74) is 0.497. The SMILES string of the molecule is O=C(c1ccc(F)cc1)N1CCN(c2ccc(Oc3ccccc3)nn2)CC1. The van der Waals surface area contributed by atoms with Gasteiger partial charge in [0.25, 0.3) is 5.91 Å². The highest BCUT2D eigenvalue weighted by molar-refractivity contribution is 5.94. The second-order valence-corrected chi connectivity index (χ2v) is 6.43. The largest absolute Gasteiger partial charge is 0.438 e. The molecule has 1 fully saturated rings. The maximum atomic E-state index is 13.0. The van der Waals surface area contributed by atoms with E-state index < -0.39 is 0 Å². The Hall–Kier alpha value is -3.48. The van der Waals surface area contributed by atoms with Crippen LogP contribution in [0.2, 0.25) is 0 Å². The fourth-order valence-corrected chi connectivity index (χ4v) is 3.06. The highest BCUT2D eigenvalue weighted by atomic mass is 19.1. The summed E-state index contributed by atoms with van der Waals surface area (Å²) in [6.07, 6.45) is 0. The van der Waals surface area contributed by atoms with Crippen LogP contribution in [0.1, 0.15) is 10.4 Å². The molecule has 28 heavy (non-hydrogen) atoms. The Bertz CT molecular complexity index is 925. The highest BCUT2D eigenvalue weighted by Crippen LogP contribution is 2.21. The van der Waals surface area contributed by atoms with Crippen molar-refractivity contribution in [3.05, 3.63) is 78.1 Å². The molecule has 2 aromatic carbocycles. The minimum atomic E-state index is -0.348. The minimum absolute atomic E-state index is 0.0858. The Morgan fingerprint density at radius 2 is 1.57 bits per heavy atom. The van der Waals surface area contributed by atoms with Crippen molar-refractivity contribution in [1.82, 2.24) is 15.1 Å². The van der Waals surface area contributed by atoms with Crippen LogP contribution in [0.4, 0.5) is 10.2 Å². The molecule has 7 heteroatoms. The number of halogens is 1. The van der Waals surface area contributed by atoms with Gasteiger partial charge in [-0.15, -0.1) is 10.2 Å². The van der Waals surface area contributed by atoms with E-state index in [4.69, 9.17) is 4.74 Å². The van der Waals surface area contributed by atoms with Gasteiger partial charge in [-0.3, -0.25) is 4.79 Å². The van der Waals surface area contributed by atoms with Gasteiger partial charge in [0.05, 0.1) is 0 Å². The van der Waals surface area contributed by atoms with Crippen molar-refractivity contribution >= 4 is 11.7 Å². The van der Waals surface area contributed by atoms with Gasteiger partial charge in [-0.25, -0.2) is 4.39 Å². The lowest BCUT2D eigenvalue weighted by Gasteiger charge is -2.35. The lowest BCUT2D eigenvalue weighted by molar-refractivity contribution is 0.0746. The topological polar surface area (TPSA) is 58.6 Å². The van der Waals surface area contributed by atoms with Gasteiger partial charge in [0.2, 0.25) is 5.88 Å². The van der Waals surface area contributed by atoms with Gasteiger partial charge in [-0.1, -0.05) is 18.2 Å². The maximum absolute atomic E-state index is 13.0. The van der Waals surface area contributed by atoms with Crippen LogP contribution >= 0.6 is 0 Å². The number of carbonyl (C=O) groups excluding carboxylic acids is 1. The number of benzene rings is 2. The van der Waals surface area contributed by atoms with Crippen LogP contribution < -0.4 is 9.64 Å². The Balaban J connectivity index is 1.34. The van der Waals surface area contributed by atoms with Gasteiger partial charge in [0.15, 0.2) is 5.82 Å². The molecule has 0 aliphatic carbocycles. The van der Waals surface area contributed by atoms with Crippen molar-refractivity contribution in [3.8, 4) is 11.6 Å². The maximum Gasteiger partial charge on any atom is 0.253 e. The predicted octanol–water partition coefficient (Wildman–Crippen LogP) is 3.37. The van der Waals surface area contributed by atoms with Crippen molar-refractivity contribution in [2.45, 2.75) is 0 Å². The first kappa shape index (κ1) is 17.9. The number of ether oxygens (including phenoxy) is 1. The smallest absolute Gasteiger partial charge is 0.253 e. The number of piperazine rings is 1. The van der Waals surface area contributed by atoms with Crippen molar-refractivity contribution in [2.24, 2.45) is 0 Å². The second kappa shape index (κ2) is 8.04. The fourth-order valence-electron chi connectivity index (χ4n) is 3.06. The van der Waals surface area contributed by atoms with E-state index >= 15 is 0 Å². The molecule has 0 saturated carbocycles. The number of hydrogen-bond donors (Lipinski definition) is 0. The molecule has 1 amide bonds. The van der Waals surface area contributed by atoms with Crippen LogP contribution in [0.3, 0.4) is 0 Å². The summed E-state index contributed by atoms with van der Waals surface area (Å²) in [5, 5.41) is 8.37. The van der Waals surface area contributed by atoms with Gasteiger partial charge in [0.1, 0.15) is 11.6 Å². The van der Waals surface area contributed by atoms with Crippen LogP contribution in [0, 0.1) is 5.82 Å². The van der Waals surface area contributed by atoms with Crippen molar-refractivity contribution < 1.29 is 13.9 Å². The molecule has 0 N–H and O–H groups in total. The molecule has 0 unspecified atom stereocenters. The number of amides is 1. The molecule has 0 atom stereocenters. The van der Waals surface area contributed by atoms with Crippen molar-refractivity contribution in [3.63, 3.8) is 0 Å². The first-order chi connectivity index (χ1) is 13.7. The van der Waals surface area contributed by atoms with Gasteiger partial charge >= 0.3 is 0 Å². The van der Waals surface area contributed by atoms with Gasteiger partial charge in [-0.05, 0) is 42.5 Å². The third kappa shape index (κ3) is 4.09. The predicted molar refractivity (Wildman–Crippen MR) is 103 cm³/mol. The number of hydrogen-bond acceptors (Lipinski definition) is 5. The van der Waals surface area contributed by atoms with Crippen LogP contribution in [0.15, 0.2) is 66.7 Å². The quantitative estimate of drug-likeness (QED) is 0.697. The third-order valence-electron chi connectivity index (χ3n) is 4.57. The molecular formula is C21H19FN4O2. The second-order valence-electron chi connectivity index (χ2n) is 6.43. The zero-order valence-corrected chi connectivity index (χ0v) is 15.2. The Labute approximate surface area is 162 Å². The number of anilines is 1. The minimum Gasteiger partial charge on any atom is -0.438 e. The van der Waals surface area contributed by atoms with Crippen LogP contribution in [0.25, 0.3) is 0 Å². The molecule has 1 aromatic heterocycles. The molecule has 1 aliphatic rings. The van der Waals surface area contributed by atoms with E-state index in [9.17, 15) is 9.18 Å². The molecule has 142 valence electrons. The Morgan fingerprint density at radius 1 is 0.857 bits per heavy atom. The fraction of sp³-hybridized carbons (Fsp3) is 0.190. The molecule has 1 saturated heterocycles. The average molecular weight is 378 g/mol. The van der Waals surface area contributed by atoms with Crippen LogP contribution in [-0.2, 0) is 0 Å². The molecule has 1 aliphatic heterocycles. The first-order valence-electron chi connectivity index (χ1n) is 9.05. The average Bonchev–Trinajstić information content (AvgIpc) is 2.75. The summed E-state index contributed by atoms with van der Waals surface area (Å²) >= 11 is 0. The monoisotopic (exact) mass is 378 g/mol. The van der Waals surface area contributed by atoms with Crippen LogP contribution in [-0.4, -0.2) is 47.2 Å². The summed E-state index contributed by atoms with van der Waals surface area (Å²) in [4.78, 5) is 16.4. The summed E-state index contributed by atoms with van der Waals surface area (Å²) < 4.78 is 18.7. The van der Waals surface area contributed by atoms with E-state index in [1.807, 2.05) is 36.4 Å². The number of aromatic nitrogens is 2. The molecule has 4 rings (SSSR count). The zero-order chi connectivity index (χ0) is 19.3. The highest BCUT2D eigenvalue weighted by Gasteiger charge is 2.23. The Kier molecular flexibility index (Phi) is 5.14. The van der Waals surface area contributed by atoms with E-state index in [-0.39, 0.29) is 11.7 Å². The zero-order valence-electron chi connectivity index (χ0n) is 15.2. The number of rotatable bonds is 4. The van der Waals surface area contributed by atoms with E-state index in [2.05, 4.69) is 15.1 Å². The molecular weight excluding hydrogens is 359 g/mol. The van der Waals surface area contributed by atoms with E-state index in [0.29, 0.717) is 43.4 Å².